The van der Waals surface area contributed by atoms with Gasteiger partial charge in [0.25, 0.3) is 5.91 Å². The number of amides is 1. The standard InChI is InChI=1S/C17H19N5O3S/c1-21-10-12(14(20-21)24-2)17(23)22-7-5-11(6-8-22)15-18-19-16(26-15)13-4-3-9-25-13/h3-4,9-11H,5-8H2,1-2H3. The van der Waals surface area contributed by atoms with Gasteiger partial charge in [-0.2, -0.15) is 0 Å². The number of methoxy groups -OCH3 is 1. The maximum absolute atomic E-state index is 12.8. The summed E-state index contributed by atoms with van der Waals surface area (Å²) >= 11 is 1.56. The van der Waals surface area contributed by atoms with Crippen LogP contribution in [0.1, 0.15) is 34.1 Å². The van der Waals surface area contributed by atoms with Crippen LogP contribution in [0.5, 0.6) is 5.88 Å². The summed E-state index contributed by atoms with van der Waals surface area (Å²) in [5, 5.41) is 14.5. The Labute approximate surface area is 154 Å². The van der Waals surface area contributed by atoms with Crippen molar-refractivity contribution in [3.63, 3.8) is 0 Å². The highest BCUT2D eigenvalue weighted by atomic mass is 32.1. The molecule has 136 valence electrons. The lowest BCUT2D eigenvalue weighted by Gasteiger charge is -2.30. The third-order valence-corrected chi connectivity index (χ3v) is 5.62. The molecule has 0 saturated carbocycles. The normalized spacial score (nSPS) is 15.4. The molecule has 0 aromatic carbocycles. The van der Waals surface area contributed by atoms with Crippen molar-refractivity contribution in [2.24, 2.45) is 7.05 Å². The van der Waals surface area contributed by atoms with Crippen LogP contribution < -0.4 is 4.74 Å². The zero-order chi connectivity index (χ0) is 18.1. The van der Waals surface area contributed by atoms with E-state index in [2.05, 4.69) is 15.3 Å². The van der Waals surface area contributed by atoms with Gasteiger partial charge in [-0.05, 0) is 25.0 Å². The van der Waals surface area contributed by atoms with Crippen molar-refractivity contribution in [2.75, 3.05) is 20.2 Å². The first-order valence-corrected chi connectivity index (χ1v) is 9.21. The zero-order valence-electron chi connectivity index (χ0n) is 14.6. The number of hydrogen-bond donors (Lipinski definition) is 0. The molecule has 1 fully saturated rings. The SMILES string of the molecule is COc1nn(C)cc1C(=O)N1CCC(c2nnc(-c3ccco3)s2)CC1. The van der Waals surface area contributed by atoms with E-state index in [1.54, 1.807) is 35.5 Å². The van der Waals surface area contributed by atoms with Crippen LogP contribution in [0.3, 0.4) is 0 Å². The van der Waals surface area contributed by atoms with E-state index in [0.29, 0.717) is 30.5 Å². The second-order valence-corrected chi connectivity index (χ2v) is 7.22. The lowest BCUT2D eigenvalue weighted by molar-refractivity contribution is 0.0709. The molecule has 4 rings (SSSR count). The van der Waals surface area contributed by atoms with Crippen LogP contribution in [0.15, 0.2) is 29.0 Å². The van der Waals surface area contributed by atoms with E-state index in [4.69, 9.17) is 9.15 Å². The highest BCUT2D eigenvalue weighted by Gasteiger charge is 2.29. The van der Waals surface area contributed by atoms with Crippen molar-refractivity contribution < 1.29 is 13.9 Å². The molecule has 0 aliphatic carbocycles. The molecule has 0 N–H and O–H groups in total. The number of furan rings is 1. The third-order valence-electron chi connectivity index (χ3n) is 4.52. The van der Waals surface area contributed by atoms with Crippen molar-refractivity contribution >= 4 is 17.2 Å². The Hall–Kier alpha value is -2.68. The lowest BCUT2D eigenvalue weighted by atomic mass is 9.97. The number of piperidine rings is 1. The number of nitrogens with zero attached hydrogens (tertiary/aromatic N) is 5. The van der Waals surface area contributed by atoms with Crippen LogP contribution in [0.25, 0.3) is 10.8 Å². The number of aromatic nitrogens is 4. The molecular weight excluding hydrogens is 354 g/mol. The van der Waals surface area contributed by atoms with Crippen LogP contribution in [-0.4, -0.2) is 51.0 Å². The van der Waals surface area contributed by atoms with Crippen LogP contribution in [0.4, 0.5) is 0 Å². The van der Waals surface area contributed by atoms with E-state index < -0.39 is 0 Å². The molecule has 8 nitrogen and oxygen atoms in total. The minimum atomic E-state index is -0.0399. The number of rotatable bonds is 4. The molecule has 1 aliphatic rings. The Bertz CT molecular complexity index is 894. The van der Waals surface area contributed by atoms with Crippen molar-refractivity contribution in [3.05, 3.63) is 35.2 Å². The molecular formula is C17H19N5O3S. The number of carbonyl (C=O) groups is 1. The first-order chi connectivity index (χ1) is 12.7. The van der Waals surface area contributed by atoms with E-state index in [-0.39, 0.29) is 5.91 Å². The fraction of sp³-hybridized carbons (Fsp3) is 0.412. The Balaban J connectivity index is 1.42. The molecule has 3 aromatic rings. The topological polar surface area (TPSA) is 86.3 Å². The Morgan fingerprint density at radius 1 is 1.35 bits per heavy atom. The largest absolute Gasteiger partial charge is 0.479 e. The molecule has 0 atom stereocenters. The average molecular weight is 373 g/mol. The van der Waals surface area contributed by atoms with Gasteiger partial charge in [0.15, 0.2) is 10.8 Å². The van der Waals surface area contributed by atoms with E-state index in [1.165, 1.54) is 7.11 Å². The maximum Gasteiger partial charge on any atom is 0.260 e. The van der Waals surface area contributed by atoms with Gasteiger partial charge in [-0.1, -0.05) is 11.3 Å². The average Bonchev–Trinajstić information content (AvgIpc) is 3.40. The van der Waals surface area contributed by atoms with E-state index >= 15 is 0 Å². The molecule has 0 unspecified atom stereocenters. The number of likely N-dealkylation sites (tertiary alicyclic amines) is 1. The monoisotopic (exact) mass is 373 g/mol. The summed E-state index contributed by atoms with van der Waals surface area (Å²) in [6, 6.07) is 3.72. The summed E-state index contributed by atoms with van der Waals surface area (Å²) in [5.41, 5.74) is 0.504. The molecule has 4 heterocycles. The van der Waals surface area contributed by atoms with E-state index in [9.17, 15) is 4.79 Å². The van der Waals surface area contributed by atoms with Gasteiger partial charge in [0.05, 0.1) is 13.4 Å². The van der Waals surface area contributed by atoms with E-state index in [0.717, 1.165) is 28.6 Å². The third kappa shape index (κ3) is 3.10. The van der Waals surface area contributed by atoms with Crippen molar-refractivity contribution in [1.29, 1.82) is 0 Å². The summed E-state index contributed by atoms with van der Waals surface area (Å²) in [4.78, 5) is 14.6. The summed E-state index contributed by atoms with van der Waals surface area (Å²) in [6.07, 6.45) is 5.06. The second kappa shape index (κ2) is 6.91. The minimum Gasteiger partial charge on any atom is -0.479 e. The Morgan fingerprint density at radius 2 is 2.15 bits per heavy atom. The van der Waals surface area contributed by atoms with Gasteiger partial charge in [-0.3, -0.25) is 9.48 Å². The summed E-state index contributed by atoms with van der Waals surface area (Å²) in [7, 11) is 3.30. The molecule has 9 heteroatoms. The predicted molar refractivity (Wildman–Crippen MR) is 95.2 cm³/mol. The highest BCUT2D eigenvalue weighted by molar-refractivity contribution is 7.14. The van der Waals surface area contributed by atoms with Gasteiger partial charge >= 0.3 is 0 Å². The maximum atomic E-state index is 12.8. The van der Waals surface area contributed by atoms with Crippen molar-refractivity contribution in [1.82, 2.24) is 24.9 Å². The second-order valence-electron chi connectivity index (χ2n) is 6.21. The number of carbonyl (C=O) groups excluding carboxylic acids is 1. The highest BCUT2D eigenvalue weighted by Crippen LogP contribution is 2.34. The molecule has 1 aliphatic heterocycles. The van der Waals surface area contributed by atoms with Crippen molar-refractivity contribution in [2.45, 2.75) is 18.8 Å². The molecule has 1 amide bonds. The molecule has 0 bridgehead atoms. The molecule has 0 spiro atoms. The van der Waals surface area contributed by atoms with Gasteiger partial charge in [0, 0.05) is 32.3 Å². The van der Waals surface area contributed by atoms with Gasteiger partial charge in [0.2, 0.25) is 5.88 Å². The number of hydrogen-bond acceptors (Lipinski definition) is 7. The summed E-state index contributed by atoms with van der Waals surface area (Å²) in [5.74, 6) is 1.38. The quantitative estimate of drug-likeness (QED) is 0.699. The van der Waals surface area contributed by atoms with Crippen LogP contribution in [0, 0.1) is 0 Å². The van der Waals surface area contributed by atoms with Gasteiger partial charge < -0.3 is 14.1 Å². The molecule has 1 saturated heterocycles. The zero-order valence-corrected chi connectivity index (χ0v) is 15.4. The summed E-state index contributed by atoms with van der Waals surface area (Å²) in [6.45, 7) is 1.36. The van der Waals surface area contributed by atoms with Gasteiger partial charge in [0.1, 0.15) is 10.6 Å². The van der Waals surface area contributed by atoms with Crippen LogP contribution >= 0.6 is 11.3 Å². The minimum absolute atomic E-state index is 0.0399. The number of aryl methyl sites for hydroxylation is 1. The predicted octanol–water partition coefficient (Wildman–Crippen LogP) is 2.56. The van der Waals surface area contributed by atoms with Crippen molar-refractivity contribution in [3.8, 4) is 16.6 Å². The Morgan fingerprint density at radius 3 is 2.85 bits per heavy atom. The number of ether oxygens (including phenoxy) is 1. The van der Waals surface area contributed by atoms with Gasteiger partial charge in [-0.25, -0.2) is 0 Å². The van der Waals surface area contributed by atoms with Crippen LogP contribution in [0.2, 0.25) is 0 Å². The van der Waals surface area contributed by atoms with E-state index in [1.807, 2.05) is 17.0 Å². The fourth-order valence-corrected chi connectivity index (χ4v) is 4.15. The molecule has 0 radical (unpaired) electrons. The Kier molecular flexibility index (Phi) is 4.46. The molecule has 26 heavy (non-hydrogen) atoms. The fourth-order valence-electron chi connectivity index (χ4n) is 3.16. The smallest absolute Gasteiger partial charge is 0.260 e. The summed E-state index contributed by atoms with van der Waals surface area (Å²) < 4.78 is 12.2. The van der Waals surface area contributed by atoms with Crippen LogP contribution in [-0.2, 0) is 7.05 Å². The van der Waals surface area contributed by atoms with Gasteiger partial charge in [-0.15, -0.1) is 15.3 Å². The first kappa shape index (κ1) is 16.8. The first-order valence-electron chi connectivity index (χ1n) is 8.40. The molecule has 3 aromatic heterocycles. The lowest BCUT2D eigenvalue weighted by Crippen LogP contribution is -2.37.